The minimum absolute atomic E-state index is 0.0560. The zero-order valence-corrected chi connectivity index (χ0v) is 13.4. The number of rotatable bonds is 6. The average molecular weight is 307 g/mol. The van der Waals surface area contributed by atoms with Crippen LogP contribution in [0.3, 0.4) is 0 Å². The third-order valence-corrected chi connectivity index (χ3v) is 4.31. The highest BCUT2D eigenvalue weighted by molar-refractivity contribution is 7.18. The second-order valence-corrected chi connectivity index (χ2v) is 6.20. The van der Waals surface area contributed by atoms with Crippen molar-refractivity contribution in [1.29, 1.82) is 0 Å². The summed E-state index contributed by atoms with van der Waals surface area (Å²) in [4.78, 5) is 14.0. The number of H-pyrrole nitrogens is 1. The topological polar surface area (TPSA) is 87.0 Å². The first-order valence-corrected chi connectivity index (χ1v) is 7.64. The number of anilines is 2. The van der Waals surface area contributed by atoms with E-state index in [0.29, 0.717) is 10.6 Å². The molecule has 0 atom stereocenters. The van der Waals surface area contributed by atoms with Gasteiger partial charge in [0.05, 0.1) is 16.9 Å². The zero-order valence-electron chi connectivity index (χ0n) is 12.6. The summed E-state index contributed by atoms with van der Waals surface area (Å²) >= 11 is 1.40. The van der Waals surface area contributed by atoms with E-state index in [1.807, 2.05) is 19.2 Å². The number of amides is 1. The summed E-state index contributed by atoms with van der Waals surface area (Å²) in [6, 6.07) is 1.82. The Balaban J connectivity index is 1.85. The van der Waals surface area contributed by atoms with Crippen LogP contribution in [0.1, 0.15) is 27.3 Å². The first kappa shape index (κ1) is 15.4. The van der Waals surface area contributed by atoms with Crippen molar-refractivity contribution in [1.82, 2.24) is 15.1 Å². The van der Waals surface area contributed by atoms with Crippen molar-refractivity contribution in [2.24, 2.45) is 0 Å². The predicted octanol–water partition coefficient (Wildman–Crippen LogP) is 2.11. The molecular formula is C14H21N5OS. The number of nitrogens with two attached hydrogens (primary N) is 1. The van der Waals surface area contributed by atoms with Crippen LogP contribution in [0.2, 0.25) is 0 Å². The van der Waals surface area contributed by atoms with E-state index in [1.165, 1.54) is 21.8 Å². The molecule has 4 N–H and O–H groups in total. The number of carbonyl (C=O) groups is 1. The maximum Gasteiger partial charge on any atom is 0.265 e. The lowest BCUT2D eigenvalue weighted by molar-refractivity contribution is 0.0833. The van der Waals surface area contributed by atoms with Crippen LogP contribution in [0.15, 0.2) is 12.3 Å². The fraction of sp³-hybridized carbons (Fsp3) is 0.429. The van der Waals surface area contributed by atoms with Crippen molar-refractivity contribution in [3.63, 3.8) is 0 Å². The molecule has 1 amide bonds. The van der Waals surface area contributed by atoms with Gasteiger partial charge in [0.1, 0.15) is 4.88 Å². The Labute approximate surface area is 128 Å². The Morgan fingerprint density at radius 1 is 1.52 bits per heavy atom. The van der Waals surface area contributed by atoms with Crippen molar-refractivity contribution in [3.05, 3.63) is 28.4 Å². The number of carbonyl (C=O) groups excluding carboxylic acids is 1. The number of aromatic nitrogens is 2. The van der Waals surface area contributed by atoms with Gasteiger partial charge in [0.15, 0.2) is 0 Å². The van der Waals surface area contributed by atoms with Crippen molar-refractivity contribution in [2.45, 2.75) is 19.8 Å². The van der Waals surface area contributed by atoms with Crippen LogP contribution in [-0.2, 0) is 6.42 Å². The van der Waals surface area contributed by atoms with Gasteiger partial charge in [-0.2, -0.15) is 5.10 Å². The second-order valence-electron chi connectivity index (χ2n) is 5.15. The summed E-state index contributed by atoms with van der Waals surface area (Å²) in [6.07, 6.45) is 3.83. The first-order chi connectivity index (χ1) is 9.99. The Bertz CT molecular complexity index is 617. The van der Waals surface area contributed by atoms with E-state index in [1.54, 1.807) is 14.1 Å². The van der Waals surface area contributed by atoms with E-state index in [4.69, 9.17) is 5.73 Å². The van der Waals surface area contributed by atoms with Crippen LogP contribution in [0, 0.1) is 6.92 Å². The third-order valence-electron chi connectivity index (χ3n) is 3.22. The predicted molar refractivity (Wildman–Crippen MR) is 86.9 cm³/mol. The smallest absolute Gasteiger partial charge is 0.265 e. The Hall–Kier alpha value is -2.02. The minimum atomic E-state index is -0.0560. The van der Waals surface area contributed by atoms with Crippen molar-refractivity contribution >= 4 is 27.9 Å². The molecule has 0 fully saturated rings. The fourth-order valence-corrected chi connectivity index (χ4v) is 3.01. The van der Waals surface area contributed by atoms with Gasteiger partial charge in [-0.25, -0.2) is 0 Å². The van der Waals surface area contributed by atoms with E-state index in [0.717, 1.165) is 30.1 Å². The quantitative estimate of drug-likeness (QED) is 0.713. The Kier molecular flexibility index (Phi) is 4.85. The van der Waals surface area contributed by atoms with Gasteiger partial charge < -0.3 is 16.0 Å². The van der Waals surface area contributed by atoms with Crippen LogP contribution in [0.5, 0.6) is 0 Å². The molecule has 0 spiro atoms. The monoisotopic (exact) mass is 307 g/mol. The molecule has 0 unspecified atom stereocenters. The van der Waals surface area contributed by atoms with Crippen LogP contribution in [-0.4, -0.2) is 41.6 Å². The van der Waals surface area contributed by atoms with Gasteiger partial charge in [0, 0.05) is 26.3 Å². The molecule has 0 saturated heterocycles. The van der Waals surface area contributed by atoms with Gasteiger partial charge in [-0.3, -0.25) is 9.89 Å². The molecule has 2 rings (SSSR count). The SMILES string of the molecule is Cc1[nH]ncc1CCCNc1cc(N)c(C(=O)N(C)C)s1. The summed E-state index contributed by atoms with van der Waals surface area (Å²) < 4.78 is 0. The summed E-state index contributed by atoms with van der Waals surface area (Å²) in [5.74, 6) is -0.0560. The van der Waals surface area contributed by atoms with Gasteiger partial charge in [0.2, 0.25) is 0 Å². The maximum absolute atomic E-state index is 11.9. The number of aromatic amines is 1. The molecule has 114 valence electrons. The molecule has 0 aromatic carbocycles. The third kappa shape index (κ3) is 3.75. The standard InChI is InChI=1S/C14H21N5OS/c1-9-10(8-17-18-9)5-4-6-16-12-7-11(15)13(21-12)14(20)19(2)3/h7-8,16H,4-6,15H2,1-3H3,(H,17,18). The lowest BCUT2D eigenvalue weighted by atomic mass is 10.1. The number of aryl methyl sites for hydroxylation is 2. The summed E-state index contributed by atoms with van der Waals surface area (Å²) in [6.45, 7) is 2.86. The van der Waals surface area contributed by atoms with Gasteiger partial charge in [0.25, 0.3) is 5.91 Å². The highest BCUT2D eigenvalue weighted by Crippen LogP contribution is 2.29. The molecule has 2 heterocycles. The fourth-order valence-electron chi connectivity index (χ4n) is 1.98. The largest absolute Gasteiger partial charge is 0.397 e. The molecule has 2 aromatic heterocycles. The van der Waals surface area contributed by atoms with Crippen LogP contribution in [0.25, 0.3) is 0 Å². The number of hydrogen-bond donors (Lipinski definition) is 3. The molecule has 2 aromatic rings. The minimum Gasteiger partial charge on any atom is -0.397 e. The molecule has 0 bridgehead atoms. The average Bonchev–Trinajstić information content (AvgIpc) is 3.00. The zero-order chi connectivity index (χ0) is 15.4. The summed E-state index contributed by atoms with van der Waals surface area (Å²) in [5, 5.41) is 11.2. The summed E-state index contributed by atoms with van der Waals surface area (Å²) in [7, 11) is 3.45. The number of nitrogen functional groups attached to an aromatic ring is 1. The molecule has 0 saturated carbocycles. The van der Waals surface area contributed by atoms with Gasteiger partial charge in [-0.15, -0.1) is 11.3 Å². The van der Waals surface area contributed by atoms with Crippen LogP contribution < -0.4 is 11.1 Å². The molecule has 0 aliphatic heterocycles. The second kappa shape index (κ2) is 6.62. The lowest BCUT2D eigenvalue weighted by Crippen LogP contribution is -2.21. The Morgan fingerprint density at radius 2 is 2.29 bits per heavy atom. The first-order valence-electron chi connectivity index (χ1n) is 6.82. The highest BCUT2D eigenvalue weighted by Gasteiger charge is 2.15. The van der Waals surface area contributed by atoms with Gasteiger partial charge in [-0.05, 0) is 31.4 Å². The Morgan fingerprint density at radius 3 is 2.90 bits per heavy atom. The number of nitrogens with zero attached hydrogens (tertiary/aromatic N) is 2. The van der Waals surface area contributed by atoms with E-state index in [2.05, 4.69) is 15.5 Å². The molecule has 21 heavy (non-hydrogen) atoms. The van der Waals surface area contributed by atoms with Crippen molar-refractivity contribution in [3.8, 4) is 0 Å². The number of thiophene rings is 1. The molecule has 7 heteroatoms. The highest BCUT2D eigenvalue weighted by atomic mass is 32.1. The summed E-state index contributed by atoms with van der Waals surface area (Å²) in [5.41, 5.74) is 8.79. The molecule has 6 nitrogen and oxygen atoms in total. The number of nitrogens with one attached hydrogen (secondary N) is 2. The molecule has 0 radical (unpaired) electrons. The van der Waals surface area contributed by atoms with E-state index in [-0.39, 0.29) is 5.91 Å². The lowest BCUT2D eigenvalue weighted by Gasteiger charge is -2.08. The van der Waals surface area contributed by atoms with Crippen molar-refractivity contribution in [2.75, 3.05) is 31.7 Å². The van der Waals surface area contributed by atoms with E-state index < -0.39 is 0 Å². The molecule has 0 aliphatic rings. The van der Waals surface area contributed by atoms with E-state index >= 15 is 0 Å². The maximum atomic E-state index is 11.9. The van der Waals surface area contributed by atoms with Gasteiger partial charge >= 0.3 is 0 Å². The van der Waals surface area contributed by atoms with Gasteiger partial charge in [-0.1, -0.05) is 0 Å². The molecular weight excluding hydrogens is 286 g/mol. The number of hydrogen-bond acceptors (Lipinski definition) is 5. The van der Waals surface area contributed by atoms with Crippen LogP contribution in [0.4, 0.5) is 10.7 Å². The normalized spacial score (nSPS) is 10.6. The van der Waals surface area contributed by atoms with E-state index in [9.17, 15) is 4.79 Å². The van der Waals surface area contributed by atoms with Crippen LogP contribution >= 0.6 is 11.3 Å². The van der Waals surface area contributed by atoms with Crippen molar-refractivity contribution < 1.29 is 4.79 Å². The molecule has 0 aliphatic carbocycles.